The van der Waals surface area contributed by atoms with Crippen LogP contribution in [0.5, 0.6) is 0 Å². The predicted molar refractivity (Wildman–Crippen MR) is 86.5 cm³/mol. The van der Waals surface area contributed by atoms with Crippen LogP contribution in [-0.2, 0) is 4.79 Å². The highest BCUT2D eigenvalue weighted by molar-refractivity contribution is 6.09. The molecule has 1 aromatic rings. The van der Waals surface area contributed by atoms with Gasteiger partial charge in [0.2, 0.25) is 0 Å². The Kier molecular flexibility index (Phi) is 3.39. The van der Waals surface area contributed by atoms with E-state index in [4.69, 9.17) is 5.10 Å². The summed E-state index contributed by atoms with van der Waals surface area (Å²) in [5.41, 5.74) is 2.21. The molecule has 3 rings (SSSR count). The van der Waals surface area contributed by atoms with E-state index < -0.39 is 0 Å². The van der Waals surface area contributed by atoms with Crippen LogP contribution < -0.4 is 5.01 Å². The summed E-state index contributed by atoms with van der Waals surface area (Å²) in [6.45, 7) is 8.66. The van der Waals surface area contributed by atoms with Crippen molar-refractivity contribution in [3.8, 4) is 0 Å². The van der Waals surface area contributed by atoms with Crippen LogP contribution in [0.2, 0.25) is 0 Å². The molecule has 1 aromatic carbocycles. The third kappa shape index (κ3) is 2.50. The maximum atomic E-state index is 12.7. The summed E-state index contributed by atoms with van der Waals surface area (Å²) in [5, 5.41) is 6.94. The molecule has 1 saturated carbocycles. The first-order valence-electron chi connectivity index (χ1n) is 7.84. The van der Waals surface area contributed by atoms with Gasteiger partial charge in [0.05, 0.1) is 23.4 Å². The van der Waals surface area contributed by atoms with Crippen LogP contribution in [0.15, 0.2) is 35.4 Å². The number of ketones is 1. The summed E-state index contributed by atoms with van der Waals surface area (Å²) >= 11 is 0. The Hall–Kier alpha value is -1.64. The molecule has 0 amide bonds. The Morgan fingerprint density at radius 2 is 1.90 bits per heavy atom. The van der Waals surface area contributed by atoms with Gasteiger partial charge >= 0.3 is 0 Å². The second kappa shape index (κ2) is 4.97. The number of anilines is 1. The van der Waals surface area contributed by atoms with Crippen molar-refractivity contribution in [2.75, 3.05) is 5.01 Å². The van der Waals surface area contributed by atoms with E-state index in [2.05, 4.69) is 44.8 Å². The van der Waals surface area contributed by atoms with Crippen molar-refractivity contribution in [3.63, 3.8) is 0 Å². The number of hydrogen-bond donors (Lipinski definition) is 0. The Balaban J connectivity index is 2.02. The standard InChI is InChI=1S/C18H24N2O/c1-12(2)17-16-14(10-18(3,4)11-15(16)21)20(19-17)13-8-6-5-7-9-13/h5-9,12,14,16H,10-11H2,1-4H3. The normalized spacial score (nSPS) is 27.8. The molecule has 2 aliphatic rings. The fraction of sp³-hybridized carbons (Fsp3) is 0.556. The minimum absolute atomic E-state index is 0.0155. The summed E-state index contributed by atoms with van der Waals surface area (Å²) in [5.74, 6) is 0.664. The molecule has 2 unspecified atom stereocenters. The van der Waals surface area contributed by atoms with E-state index >= 15 is 0 Å². The number of hydrazone groups is 1. The highest BCUT2D eigenvalue weighted by Gasteiger charge is 2.49. The Morgan fingerprint density at radius 1 is 1.24 bits per heavy atom. The summed E-state index contributed by atoms with van der Waals surface area (Å²) in [6.07, 6.45) is 1.68. The van der Waals surface area contributed by atoms with E-state index in [1.54, 1.807) is 0 Å². The molecule has 1 heterocycles. The van der Waals surface area contributed by atoms with E-state index in [0.29, 0.717) is 18.1 Å². The lowest BCUT2D eigenvalue weighted by Gasteiger charge is -2.39. The maximum absolute atomic E-state index is 12.7. The van der Waals surface area contributed by atoms with Gasteiger partial charge in [0.15, 0.2) is 0 Å². The topological polar surface area (TPSA) is 32.7 Å². The molecule has 0 radical (unpaired) electrons. The molecule has 3 nitrogen and oxygen atoms in total. The number of carbonyl (C=O) groups is 1. The Labute approximate surface area is 127 Å². The third-order valence-corrected chi connectivity index (χ3v) is 4.61. The van der Waals surface area contributed by atoms with E-state index in [1.807, 2.05) is 18.2 Å². The number of fused-ring (bicyclic) bond motifs is 1. The van der Waals surface area contributed by atoms with Crippen LogP contribution in [-0.4, -0.2) is 17.5 Å². The summed E-state index contributed by atoms with van der Waals surface area (Å²) in [4.78, 5) is 12.7. The summed E-state index contributed by atoms with van der Waals surface area (Å²) in [6, 6.07) is 10.4. The molecule has 0 N–H and O–H groups in total. The largest absolute Gasteiger partial charge is 0.299 e. The fourth-order valence-corrected chi connectivity index (χ4v) is 3.71. The average Bonchev–Trinajstić information content (AvgIpc) is 2.78. The SMILES string of the molecule is CC(C)C1=NN(c2ccccc2)C2CC(C)(C)CC(=O)C12. The van der Waals surface area contributed by atoms with E-state index in [0.717, 1.165) is 17.8 Å². The van der Waals surface area contributed by atoms with Crippen LogP contribution in [0.25, 0.3) is 0 Å². The van der Waals surface area contributed by atoms with Gasteiger partial charge in [0.1, 0.15) is 5.78 Å². The van der Waals surface area contributed by atoms with Gasteiger partial charge in [0.25, 0.3) is 0 Å². The molecule has 112 valence electrons. The van der Waals surface area contributed by atoms with E-state index in [9.17, 15) is 4.79 Å². The average molecular weight is 284 g/mol. The van der Waals surface area contributed by atoms with Gasteiger partial charge in [-0.25, -0.2) is 0 Å². The third-order valence-electron chi connectivity index (χ3n) is 4.61. The quantitative estimate of drug-likeness (QED) is 0.825. The zero-order valence-corrected chi connectivity index (χ0v) is 13.3. The smallest absolute Gasteiger partial charge is 0.144 e. The van der Waals surface area contributed by atoms with Gasteiger partial charge in [-0.3, -0.25) is 9.80 Å². The second-order valence-electron chi connectivity index (χ2n) is 7.42. The zero-order valence-electron chi connectivity index (χ0n) is 13.3. The van der Waals surface area contributed by atoms with Gasteiger partial charge in [-0.15, -0.1) is 0 Å². The van der Waals surface area contributed by atoms with Crippen LogP contribution in [0.3, 0.4) is 0 Å². The minimum atomic E-state index is -0.0155. The highest BCUT2D eigenvalue weighted by Crippen LogP contribution is 2.44. The van der Waals surface area contributed by atoms with Crippen molar-refractivity contribution in [3.05, 3.63) is 30.3 Å². The first kappa shape index (κ1) is 14.3. The van der Waals surface area contributed by atoms with Crippen LogP contribution in [0.1, 0.15) is 40.5 Å². The van der Waals surface area contributed by atoms with Crippen molar-refractivity contribution in [2.45, 2.75) is 46.6 Å². The molecule has 0 saturated heterocycles. The van der Waals surface area contributed by atoms with E-state index in [-0.39, 0.29) is 17.4 Å². The van der Waals surface area contributed by atoms with Gasteiger partial charge in [-0.2, -0.15) is 5.10 Å². The number of Topliss-reactive ketones (excluding diaryl/α,β-unsaturated/α-hetero) is 1. The lowest BCUT2D eigenvalue weighted by molar-refractivity contribution is -0.125. The van der Waals surface area contributed by atoms with Crippen molar-refractivity contribution < 1.29 is 4.79 Å². The lowest BCUT2D eigenvalue weighted by atomic mass is 9.67. The molecule has 0 spiro atoms. The van der Waals surface area contributed by atoms with E-state index in [1.165, 1.54) is 0 Å². The molecule has 0 bridgehead atoms. The molecule has 0 aromatic heterocycles. The predicted octanol–water partition coefficient (Wildman–Crippen LogP) is 3.89. The highest BCUT2D eigenvalue weighted by atomic mass is 16.1. The molecule has 1 aliphatic heterocycles. The molecular weight excluding hydrogens is 260 g/mol. The second-order valence-corrected chi connectivity index (χ2v) is 7.42. The summed E-state index contributed by atoms with van der Waals surface area (Å²) in [7, 11) is 0. The van der Waals surface area contributed by atoms with Crippen molar-refractivity contribution in [2.24, 2.45) is 22.4 Å². The number of benzene rings is 1. The maximum Gasteiger partial charge on any atom is 0.144 e. The first-order valence-corrected chi connectivity index (χ1v) is 7.84. The zero-order chi connectivity index (χ0) is 15.2. The van der Waals surface area contributed by atoms with Gasteiger partial charge in [-0.1, -0.05) is 45.9 Å². The lowest BCUT2D eigenvalue weighted by Crippen LogP contribution is -2.47. The molecule has 21 heavy (non-hydrogen) atoms. The molecule has 2 atom stereocenters. The van der Waals surface area contributed by atoms with Gasteiger partial charge in [0, 0.05) is 6.42 Å². The number of nitrogens with zero attached hydrogens (tertiary/aromatic N) is 2. The number of hydrogen-bond acceptors (Lipinski definition) is 3. The monoisotopic (exact) mass is 284 g/mol. The molecule has 1 fully saturated rings. The number of carbonyl (C=O) groups excluding carboxylic acids is 1. The molecule has 1 aliphatic carbocycles. The Bertz CT molecular complexity index is 574. The van der Waals surface area contributed by atoms with Crippen molar-refractivity contribution >= 4 is 17.2 Å². The minimum Gasteiger partial charge on any atom is -0.299 e. The number of para-hydroxylation sites is 1. The number of rotatable bonds is 2. The van der Waals surface area contributed by atoms with Gasteiger partial charge in [-0.05, 0) is 29.9 Å². The molecular formula is C18H24N2O. The van der Waals surface area contributed by atoms with Crippen LogP contribution in [0, 0.1) is 17.3 Å². The van der Waals surface area contributed by atoms with Crippen molar-refractivity contribution in [1.82, 2.24) is 0 Å². The Morgan fingerprint density at radius 3 is 2.52 bits per heavy atom. The van der Waals surface area contributed by atoms with Crippen LogP contribution in [0.4, 0.5) is 5.69 Å². The van der Waals surface area contributed by atoms with Crippen LogP contribution >= 0.6 is 0 Å². The first-order chi connectivity index (χ1) is 9.89. The van der Waals surface area contributed by atoms with Crippen molar-refractivity contribution in [1.29, 1.82) is 0 Å². The molecule has 3 heteroatoms. The van der Waals surface area contributed by atoms with Gasteiger partial charge < -0.3 is 0 Å². The summed E-state index contributed by atoms with van der Waals surface area (Å²) < 4.78 is 0. The fourth-order valence-electron chi connectivity index (χ4n) is 3.71.